The van der Waals surface area contributed by atoms with Gasteiger partial charge in [-0.05, 0) is 43.7 Å². The van der Waals surface area contributed by atoms with Gasteiger partial charge in [0.15, 0.2) is 0 Å². The lowest BCUT2D eigenvalue weighted by molar-refractivity contribution is 0.144. The van der Waals surface area contributed by atoms with Gasteiger partial charge in [-0.25, -0.2) is 8.42 Å². The zero-order valence-electron chi connectivity index (χ0n) is 12.9. The maximum Gasteiger partial charge on any atom is 0.243 e. The van der Waals surface area contributed by atoms with Crippen LogP contribution in [0.2, 0.25) is 0 Å². The van der Waals surface area contributed by atoms with Crippen LogP contribution in [-0.2, 0) is 16.6 Å². The maximum atomic E-state index is 12.8. The molecule has 1 aliphatic heterocycles. The van der Waals surface area contributed by atoms with Gasteiger partial charge >= 0.3 is 0 Å². The highest BCUT2D eigenvalue weighted by Crippen LogP contribution is 2.22. The molecule has 6 heteroatoms. The van der Waals surface area contributed by atoms with Crippen LogP contribution in [0.4, 0.5) is 0 Å². The highest BCUT2D eigenvalue weighted by molar-refractivity contribution is 7.89. The first kappa shape index (κ1) is 16.4. The minimum Gasteiger partial charge on any atom is -0.392 e. The molecule has 0 aliphatic carbocycles. The molecule has 1 aliphatic rings. The summed E-state index contributed by atoms with van der Waals surface area (Å²) < 4.78 is 27.1. The summed E-state index contributed by atoms with van der Waals surface area (Å²) in [5.41, 5.74) is 1.57. The summed E-state index contributed by atoms with van der Waals surface area (Å²) in [6, 6.07) is 5.23. The van der Waals surface area contributed by atoms with E-state index in [1.165, 1.54) is 0 Å². The largest absolute Gasteiger partial charge is 0.392 e. The van der Waals surface area contributed by atoms with E-state index in [4.69, 9.17) is 0 Å². The number of benzene rings is 1. The van der Waals surface area contributed by atoms with Gasteiger partial charge < -0.3 is 10.0 Å². The average molecular weight is 312 g/mol. The molecule has 1 unspecified atom stereocenters. The van der Waals surface area contributed by atoms with Gasteiger partial charge in [-0.2, -0.15) is 4.31 Å². The second kappa shape index (κ2) is 6.44. The van der Waals surface area contributed by atoms with Crippen LogP contribution in [0.3, 0.4) is 0 Å². The van der Waals surface area contributed by atoms with Gasteiger partial charge in [0.2, 0.25) is 10.0 Å². The predicted molar refractivity (Wildman–Crippen MR) is 82.6 cm³/mol. The van der Waals surface area contributed by atoms with Crippen LogP contribution >= 0.6 is 0 Å². The molecular formula is C15H24N2O3S. The Kier molecular flexibility index (Phi) is 5.03. The second-order valence-electron chi connectivity index (χ2n) is 5.65. The minimum absolute atomic E-state index is 0.143. The lowest BCUT2D eigenvalue weighted by Crippen LogP contribution is -2.52. The van der Waals surface area contributed by atoms with Gasteiger partial charge in [0, 0.05) is 25.7 Å². The molecule has 1 aromatic rings. The number of aryl methyl sites for hydroxylation is 1. The van der Waals surface area contributed by atoms with Crippen LogP contribution in [0, 0.1) is 6.92 Å². The molecule has 1 N–H and O–H groups in total. The van der Waals surface area contributed by atoms with E-state index in [-0.39, 0.29) is 17.5 Å². The molecule has 1 saturated heterocycles. The summed E-state index contributed by atoms with van der Waals surface area (Å²) >= 11 is 0. The van der Waals surface area contributed by atoms with E-state index in [0.29, 0.717) is 18.7 Å². The third kappa shape index (κ3) is 3.29. The first-order valence-corrected chi connectivity index (χ1v) is 8.75. The lowest BCUT2D eigenvalue weighted by atomic mass is 10.1. The Morgan fingerprint density at radius 3 is 2.67 bits per heavy atom. The molecule has 0 amide bonds. The van der Waals surface area contributed by atoms with Crippen molar-refractivity contribution in [2.24, 2.45) is 0 Å². The Balaban J connectivity index is 2.30. The van der Waals surface area contributed by atoms with Crippen LogP contribution in [0.25, 0.3) is 0 Å². The third-order valence-corrected chi connectivity index (χ3v) is 6.20. The van der Waals surface area contributed by atoms with E-state index < -0.39 is 10.0 Å². The summed E-state index contributed by atoms with van der Waals surface area (Å²) in [6.45, 7) is 5.58. The monoisotopic (exact) mass is 312 g/mol. The molecule has 1 aromatic carbocycles. The number of aliphatic hydroxyl groups is 1. The summed E-state index contributed by atoms with van der Waals surface area (Å²) in [6.07, 6.45) is 0.929. The normalized spacial score (nSPS) is 21.6. The number of nitrogens with zero attached hydrogens (tertiary/aromatic N) is 2. The van der Waals surface area contributed by atoms with Gasteiger partial charge in [0.1, 0.15) is 0 Å². The van der Waals surface area contributed by atoms with Crippen molar-refractivity contribution in [3.8, 4) is 0 Å². The fourth-order valence-corrected chi connectivity index (χ4v) is 4.22. The van der Waals surface area contributed by atoms with E-state index in [9.17, 15) is 13.5 Å². The minimum atomic E-state index is -3.48. The number of hydrogen-bond acceptors (Lipinski definition) is 4. The molecule has 0 bridgehead atoms. The fourth-order valence-electron chi connectivity index (χ4n) is 2.70. The van der Waals surface area contributed by atoms with Gasteiger partial charge in [-0.3, -0.25) is 0 Å². The Morgan fingerprint density at radius 1 is 1.33 bits per heavy atom. The van der Waals surface area contributed by atoms with Crippen molar-refractivity contribution in [3.63, 3.8) is 0 Å². The molecule has 0 radical (unpaired) electrons. The summed E-state index contributed by atoms with van der Waals surface area (Å²) in [4.78, 5) is 2.48. The Bertz CT molecular complexity index is 601. The molecular weight excluding hydrogens is 288 g/mol. The predicted octanol–water partition coefficient (Wildman–Crippen LogP) is 1.20. The van der Waals surface area contributed by atoms with E-state index in [0.717, 1.165) is 18.5 Å². The number of piperazine rings is 1. The third-order valence-electron chi connectivity index (χ3n) is 4.34. The van der Waals surface area contributed by atoms with E-state index in [2.05, 4.69) is 11.8 Å². The molecule has 1 atom stereocenters. The Hall–Kier alpha value is -0.950. The molecule has 0 spiro atoms. The zero-order chi connectivity index (χ0) is 15.6. The average Bonchev–Trinajstić information content (AvgIpc) is 2.47. The first-order valence-electron chi connectivity index (χ1n) is 7.31. The van der Waals surface area contributed by atoms with Crippen LogP contribution in [0.5, 0.6) is 0 Å². The topological polar surface area (TPSA) is 60.9 Å². The molecule has 118 valence electrons. The van der Waals surface area contributed by atoms with Gasteiger partial charge in [0.25, 0.3) is 0 Å². The van der Waals surface area contributed by atoms with Crippen molar-refractivity contribution in [1.82, 2.24) is 9.21 Å². The van der Waals surface area contributed by atoms with Crippen molar-refractivity contribution < 1.29 is 13.5 Å². The van der Waals surface area contributed by atoms with E-state index in [1.807, 2.05) is 14.0 Å². The van der Waals surface area contributed by atoms with E-state index in [1.54, 1.807) is 22.5 Å². The molecule has 1 heterocycles. The SMILES string of the molecule is CCC1CN(S(=O)(=O)c2ccc(C)c(CO)c2)CCN1C. The van der Waals surface area contributed by atoms with Crippen molar-refractivity contribution in [2.45, 2.75) is 37.8 Å². The number of hydrogen-bond donors (Lipinski definition) is 1. The number of likely N-dealkylation sites (N-methyl/N-ethyl adjacent to an activating group) is 1. The van der Waals surface area contributed by atoms with Crippen molar-refractivity contribution in [1.29, 1.82) is 0 Å². The van der Waals surface area contributed by atoms with Crippen LogP contribution in [0.15, 0.2) is 23.1 Å². The van der Waals surface area contributed by atoms with Gasteiger partial charge in [0.05, 0.1) is 11.5 Å². The lowest BCUT2D eigenvalue weighted by Gasteiger charge is -2.38. The quantitative estimate of drug-likeness (QED) is 0.907. The zero-order valence-corrected chi connectivity index (χ0v) is 13.7. The second-order valence-corrected chi connectivity index (χ2v) is 7.59. The molecule has 21 heavy (non-hydrogen) atoms. The highest BCUT2D eigenvalue weighted by atomic mass is 32.2. The van der Waals surface area contributed by atoms with Gasteiger partial charge in [-0.1, -0.05) is 13.0 Å². The summed E-state index contributed by atoms with van der Waals surface area (Å²) in [5, 5.41) is 9.32. The first-order chi connectivity index (χ1) is 9.90. The smallest absolute Gasteiger partial charge is 0.243 e. The summed E-state index contributed by atoms with van der Waals surface area (Å²) in [7, 11) is -1.45. The Labute approximate surface area is 127 Å². The number of rotatable bonds is 4. The molecule has 0 saturated carbocycles. The van der Waals surface area contributed by atoms with Crippen molar-refractivity contribution in [2.75, 3.05) is 26.7 Å². The molecule has 5 nitrogen and oxygen atoms in total. The van der Waals surface area contributed by atoms with Crippen LogP contribution in [-0.4, -0.2) is 55.5 Å². The fraction of sp³-hybridized carbons (Fsp3) is 0.600. The van der Waals surface area contributed by atoms with Gasteiger partial charge in [-0.15, -0.1) is 0 Å². The van der Waals surface area contributed by atoms with Crippen molar-refractivity contribution >= 4 is 10.0 Å². The van der Waals surface area contributed by atoms with E-state index >= 15 is 0 Å². The highest BCUT2D eigenvalue weighted by Gasteiger charge is 2.32. The maximum absolute atomic E-state index is 12.8. The van der Waals surface area contributed by atoms with Crippen LogP contribution in [0.1, 0.15) is 24.5 Å². The summed E-state index contributed by atoms with van der Waals surface area (Å²) in [5.74, 6) is 0. The molecule has 1 fully saturated rings. The van der Waals surface area contributed by atoms with Crippen LogP contribution < -0.4 is 0 Å². The standard InChI is InChI=1S/C15H24N2O3S/c1-4-14-10-17(8-7-16(14)3)21(19,20)15-6-5-12(2)13(9-15)11-18/h5-6,9,14,18H,4,7-8,10-11H2,1-3H3. The van der Waals surface area contributed by atoms with Crippen molar-refractivity contribution in [3.05, 3.63) is 29.3 Å². The number of aliphatic hydroxyl groups excluding tert-OH is 1. The molecule has 0 aromatic heterocycles. The Morgan fingerprint density at radius 2 is 2.05 bits per heavy atom. The number of sulfonamides is 1. The molecule has 2 rings (SSSR count).